The number of benzene rings is 3. The van der Waals surface area contributed by atoms with Gasteiger partial charge in [-0.2, -0.15) is 31.8 Å². The molecule has 4 aromatic rings. The Bertz CT molecular complexity index is 1650. The van der Waals surface area contributed by atoms with Crippen LogP contribution in [-0.2, 0) is 20.2 Å². The number of rotatable bonds is 6. The van der Waals surface area contributed by atoms with Gasteiger partial charge in [0, 0.05) is 11.1 Å². The van der Waals surface area contributed by atoms with E-state index in [1.54, 1.807) is 0 Å². The zero-order valence-electron chi connectivity index (χ0n) is 16.7. The van der Waals surface area contributed by atoms with Gasteiger partial charge in [-0.05, 0) is 53.4 Å². The van der Waals surface area contributed by atoms with Crippen molar-refractivity contribution in [1.82, 2.24) is 15.0 Å². The van der Waals surface area contributed by atoms with Gasteiger partial charge in [0.05, 0.1) is 15.5 Å². The molecule has 0 bridgehead atoms. The highest BCUT2D eigenvalue weighted by Gasteiger charge is 2.17. The van der Waals surface area contributed by atoms with Gasteiger partial charge in [-0.3, -0.25) is 9.11 Å². The number of nitrogens with zero attached hydrogens (tertiary/aromatic N) is 3. The van der Waals surface area contributed by atoms with E-state index in [4.69, 9.17) is 11.6 Å². The zero-order chi connectivity index (χ0) is 24.7. The second-order valence-electron chi connectivity index (χ2n) is 6.83. The highest BCUT2D eigenvalue weighted by Crippen LogP contribution is 2.35. The van der Waals surface area contributed by atoms with Crippen LogP contribution in [0.5, 0.6) is 5.75 Å². The van der Waals surface area contributed by atoms with Crippen molar-refractivity contribution in [1.29, 1.82) is 0 Å². The SMILES string of the molecule is O=S(=O)(O)c1cccc(Nc2nc(Cl)nc(Nc3cc(S(=O)(=O)O)cc4cccc(O)c34)n2)c1. The molecular weight excluding hydrogens is 510 g/mol. The minimum absolute atomic E-state index is 0.0461. The number of phenols is 1. The van der Waals surface area contributed by atoms with E-state index in [1.165, 1.54) is 42.5 Å². The fourth-order valence-electron chi connectivity index (χ4n) is 3.07. The Balaban J connectivity index is 1.75. The minimum Gasteiger partial charge on any atom is -0.507 e. The number of phenolic OH excluding ortho intramolecular Hbond substituents is 1. The quantitative estimate of drug-likeness (QED) is 0.232. The predicted molar refractivity (Wildman–Crippen MR) is 123 cm³/mol. The van der Waals surface area contributed by atoms with Crippen LogP contribution >= 0.6 is 11.6 Å². The minimum atomic E-state index is -4.58. The van der Waals surface area contributed by atoms with Crippen LogP contribution in [0.3, 0.4) is 0 Å². The van der Waals surface area contributed by atoms with E-state index in [9.17, 15) is 31.0 Å². The van der Waals surface area contributed by atoms with Crippen molar-refractivity contribution in [3.63, 3.8) is 0 Å². The van der Waals surface area contributed by atoms with Gasteiger partial charge in [0.15, 0.2) is 0 Å². The van der Waals surface area contributed by atoms with Crippen molar-refractivity contribution < 1.29 is 31.0 Å². The fraction of sp³-hybridized carbons (Fsp3) is 0. The monoisotopic (exact) mass is 523 g/mol. The molecule has 0 saturated heterocycles. The molecule has 0 aliphatic rings. The van der Waals surface area contributed by atoms with E-state index in [1.807, 2.05) is 0 Å². The highest BCUT2D eigenvalue weighted by molar-refractivity contribution is 7.86. The van der Waals surface area contributed by atoms with Crippen molar-refractivity contribution >= 4 is 65.9 Å². The number of hydrogen-bond donors (Lipinski definition) is 5. The van der Waals surface area contributed by atoms with E-state index in [0.29, 0.717) is 5.39 Å². The van der Waals surface area contributed by atoms with Gasteiger partial charge in [0.2, 0.25) is 17.2 Å². The van der Waals surface area contributed by atoms with Crippen LogP contribution in [0.1, 0.15) is 0 Å². The normalized spacial score (nSPS) is 12.0. The number of nitrogens with one attached hydrogen (secondary N) is 2. The van der Waals surface area contributed by atoms with Gasteiger partial charge in [-0.15, -0.1) is 0 Å². The smallest absolute Gasteiger partial charge is 0.294 e. The molecule has 0 atom stereocenters. The van der Waals surface area contributed by atoms with Crippen molar-refractivity contribution in [2.45, 2.75) is 9.79 Å². The van der Waals surface area contributed by atoms with Crippen LogP contribution in [-0.4, -0.2) is 46.0 Å². The maximum Gasteiger partial charge on any atom is 0.294 e. The Kier molecular flexibility index (Phi) is 6.01. The van der Waals surface area contributed by atoms with Crippen LogP contribution in [0.25, 0.3) is 10.8 Å². The largest absolute Gasteiger partial charge is 0.507 e. The summed E-state index contributed by atoms with van der Waals surface area (Å²) >= 11 is 5.98. The number of anilines is 4. The predicted octanol–water partition coefficient (Wildman–Crippen LogP) is 3.36. The number of aromatic hydroxyl groups is 1. The molecule has 12 nitrogen and oxygen atoms in total. The summed E-state index contributed by atoms with van der Waals surface area (Å²) in [4.78, 5) is 11.1. The lowest BCUT2D eigenvalue weighted by Gasteiger charge is -2.13. The molecular formula is C19H14ClN5O7S2. The van der Waals surface area contributed by atoms with Crippen LogP contribution in [0.15, 0.2) is 64.4 Å². The summed E-state index contributed by atoms with van der Waals surface area (Å²) in [6.07, 6.45) is 0. The molecule has 0 radical (unpaired) electrons. The topological polar surface area (TPSA) is 192 Å². The van der Waals surface area contributed by atoms with E-state index in [0.717, 1.165) is 12.1 Å². The van der Waals surface area contributed by atoms with Gasteiger partial charge in [-0.1, -0.05) is 18.2 Å². The van der Waals surface area contributed by atoms with Gasteiger partial charge in [0.25, 0.3) is 20.2 Å². The summed E-state index contributed by atoms with van der Waals surface area (Å²) in [6, 6.07) is 11.9. The molecule has 0 unspecified atom stereocenters. The van der Waals surface area contributed by atoms with Crippen LogP contribution in [0.4, 0.5) is 23.3 Å². The molecule has 0 aliphatic carbocycles. The van der Waals surface area contributed by atoms with E-state index >= 15 is 0 Å². The first-order valence-electron chi connectivity index (χ1n) is 9.16. The zero-order valence-corrected chi connectivity index (χ0v) is 19.1. The molecule has 0 spiro atoms. The summed E-state index contributed by atoms with van der Waals surface area (Å²) in [5.41, 5.74) is 0.254. The number of hydrogen-bond acceptors (Lipinski definition) is 10. The van der Waals surface area contributed by atoms with Crippen LogP contribution in [0, 0.1) is 0 Å². The summed E-state index contributed by atoms with van der Waals surface area (Å²) in [7, 11) is -9.02. The molecule has 1 heterocycles. The maximum atomic E-state index is 11.7. The molecule has 34 heavy (non-hydrogen) atoms. The molecule has 15 heteroatoms. The van der Waals surface area contributed by atoms with Gasteiger partial charge >= 0.3 is 0 Å². The highest BCUT2D eigenvalue weighted by atomic mass is 35.5. The third kappa shape index (κ3) is 5.16. The number of aromatic nitrogens is 3. The van der Waals surface area contributed by atoms with Gasteiger partial charge in [-0.25, -0.2) is 0 Å². The summed E-state index contributed by atoms with van der Waals surface area (Å²) in [5.74, 6) is -0.456. The summed E-state index contributed by atoms with van der Waals surface area (Å²) in [6.45, 7) is 0. The van der Waals surface area contributed by atoms with E-state index in [2.05, 4.69) is 25.6 Å². The lowest BCUT2D eigenvalue weighted by Crippen LogP contribution is -2.06. The first-order valence-corrected chi connectivity index (χ1v) is 12.4. The fourth-order valence-corrected chi connectivity index (χ4v) is 4.30. The van der Waals surface area contributed by atoms with Crippen molar-refractivity contribution in [3.8, 4) is 5.75 Å². The number of fused-ring (bicyclic) bond motifs is 1. The maximum absolute atomic E-state index is 11.7. The molecule has 1 aromatic heterocycles. The average molecular weight is 524 g/mol. The van der Waals surface area contributed by atoms with Gasteiger partial charge in [0.1, 0.15) is 5.75 Å². The Morgan fingerprint density at radius 3 is 2.09 bits per heavy atom. The van der Waals surface area contributed by atoms with E-state index in [-0.39, 0.29) is 44.6 Å². The van der Waals surface area contributed by atoms with Crippen molar-refractivity contribution in [2.75, 3.05) is 10.6 Å². The Morgan fingerprint density at radius 1 is 0.765 bits per heavy atom. The molecule has 0 fully saturated rings. The summed E-state index contributed by atoms with van der Waals surface area (Å²) < 4.78 is 64.8. The molecule has 176 valence electrons. The van der Waals surface area contributed by atoms with Crippen molar-refractivity contribution in [3.05, 3.63) is 59.9 Å². The Morgan fingerprint density at radius 2 is 1.41 bits per heavy atom. The Hall–Kier alpha value is -3.56. The molecule has 0 aliphatic heterocycles. The molecule has 0 amide bonds. The first-order chi connectivity index (χ1) is 15.9. The lowest BCUT2D eigenvalue weighted by atomic mass is 10.1. The molecule has 4 rings (SSSR count). The lowest BCUT2D eigenvalue weighted by molar-refractivity contribution is 0.480. The summed E-state index contributed by atoms with van der Waals surface area (Å²) in [5, 5.41) is 16.0. The Labute approximate surface area is 197 Å². The second kappa shape index (κ2) is 8.66. The molecule has 5 N–H and O–H groups in total. The van der Waals surface area contributed by atoms with Crippen LogP contribution in [0.2, 0.25) is 5.28 Å². The second-order valence-corrected chi connectivity index (χ2v) is 10.0. The first kappa shape index (κ1) is 23.6. The van der Waals surface area contributed by atoms with Crippen molar-refractivity contribution in [2.24, 2.45) is 0 Å². The third-order valence-corrected chi connectivity index (χ3v) is 6.32. The standard InChI is InChI=1S/C19H14ClN5O7S2/c20-17-23-18(21-11-4-2-5-12(8-11)33(27,28)29)25-19(24-17)22-14-9-13(34(30,31)32)7-10-3-1-6-15(26)16(10)14/h1-9,26H,(H,27,28,29)(H,30,31,32)(H2,21,22,23,24,25). The average Bonchev–Trinajstić information content (AvgIpc) is 2.72. The van der Waals surface area contributed by atoms with Gasteiger partial charge < -0.3 is 15.7 Å². The number of halogens is 1. The molecule has 0 saturated carbocycles. The van der Waals surface area contributed by atoms with Crippen LogP contribution < -0.4 is 10.6 Å². The van der Waals surface area contributed by atoms with E-state index < -0.39 is 25.1 Å². The molecule has 3 aromatic carbocycles. The third-order valence-electron chi connectivity index (χ3n) is 4.47.